The number of benzene rings is 2. The smallest absolute Gasteiger partial charge is 0.243 e. The molecule has 0 saturated carbocycles. The molecule has 2 aromatic rings. The van der Waals surface area contributed by atoms with Gasteiger partial charge in [-0.15, -0.1) is 11.8 Å². The first-order valence-electron chi connectivity index (χ1n) is 9.76. The lowest BCUT2D eigenvalue weighted by Crippen LogP contribution is -2.28. The van der Waals surface area contributed by atoms with E-state index in [-0.39, 0.29) is 16.1 Å². The zero-order valence-electron chi connectivity index (χ0n) is 16.9. The summed E-state index contributed by atoms with van der Waals surface area (Å²) in [5, 5.41) is 3.14. The fraction of sp³-hybridized carbons (Fsp3) is 0.381. The minimum absolute atomic E-state index is 0.152. The second-order valence-electron chi connectivity index (χ2n) is 6.93. The van der Waals surface area contributed by atoms with Gasteiger partial charge in [-0.25, -0.2) is 8.42 Å². The van der Waals surface area contributed by atoms with Crippen LogP contribution in [-0.4, -0.2) is 44.1 Å². The van der Waals surface area contributed by atoms with E-state index in [0.29, 0.717) is 36.0 Å². The molecule has 0 bridgehead atoms. The first-order chi connectivity index (χ1) is 14.3. The molecule has 6 nitrogen and oxygen atoms in total. The number of amides is 1. The van der Waals surface area contributed by atoms with Crippen molar-refractivity contribution in [3.05, 3.63) is 47.5 Å². The Morgan fingerprint density at radius 2 is 1.87 bits per heavy atom. The molecule has 9 heteroatoms. The summed E-state index contributed by atoms with van der Waals surface area (Å²) in [5.41, 5.74) is 0.345. The molecule has 1 heterocycles. The lowest BCUT2D eigenvalue weighted by Gasteiger charge is -2.19. The monoisotopic (exact) mass is 468 g/mol. The van der Waals surface area contributed by atoms with E-state index in [0.717, 1.165) is 17.7 Å². The Morgan fingerprint density at radius 3 is 2.47 bits per heavy atom. The molecule has 0 unspecified atom stereocenters. The van der Waals surface area contributed by atoms with E-state index in [2.05, 4.69) is 5.32 Å². The summed E-state index contributed by atoms with van der Waals surface area (Å²) < 4.78 is 32.6. The van der Waals surface area contributed by atoms with E-state index in [9.17, 15) is 13.2 Å². The maximum atomic E-state index is 12.9. The van der Waals surface area contributed by atoms with E-state index < -0.39 is 10.0 Å². The molecule has 2 aromatic carbocycles. The maximum absolute atomic E-state index is 12.9. The molecule has 0 aliphatic carbocycles. The molecule has 1 amide bonds. The van der Waals surface area contributed by atoms with Crippen LogP contribution in [0.25, 0.3) is 0 Å². The van der Waals surface area contributed by atoms with Gasteiger partial charge < -0.3 is 10.1 Å². The number of nitrogens with one attached hydrogen (secondary N) is 1. The van der Waals surface area contributed by atoms with Crippen molar-refractivity contribution in [2.75, 3.05) is 25.5 Å². The quantitative estimate of drug-likeness (QED) is 0.571. The highest BCUT2D eigenvalue weighted by Crippen LogP contribution is 2.32. The van der Waals surface area contributed by atoms with Gasteiger partial charge in [-0.3, -0.25) is 4.79 Å². The van der Waals surface area contributed by atoms with Gasteiger partial charge in [0.1, 0.15) is 5.75 Å². The Balaban J connectivity index is 1.81. The lowest BCUT2D eigenvalue weighted by molar-refractivity contribution is -0.115. The Morgan fingerprint density at radius 1 is 1.20 bits per heavy atom. The Bertz CT molecular complexity index is 991. The molecule has 0 aromatic heterocycles. The lowest BCUT2D eigenvalue weighted by atomic mass is 10.2. The van der Waals surface area contributed by atoms with Gasteiger partial charge in [0, 0.05) is 23.0 Å². The number of carbonyl (C=O) groups is 1. The summed E-state index contributed by atoms with van der Waals surface area (Å²) in [6.45, 7) is 2.97. The molecule has 30 heavy (non-hydrogen) atoms. The number of hydrogen-bond acceptors (Lipinski definition) is 5. The van der Waals surface area contributed by atoms with Crippen molar-refractivity contribution in [2.45, 2.75) is 41.2 Å². The van der Waals surface area contributed by atoms with Gasteiger partial charge in [-0.2, -0.15) is 4.31 Å². The number of nitrogens with zero attached hydrogens (tertiary/aromatic N) is 1. The highest BCUT2D eigenvalue weighted by atomic mass is 35.5. The van der Waals surface area contributed by atoms with Gasteiger partial charge in [0.25, 0.3) is 0 Å². The summed E-state index contributed by atoms with van der Waals surface area (Å²) in [4.78, 5) is 14.0. The molecule has 1 fully saturated rings. The summed E-state index contributed by atoms with van der Waals surface area (Å²) in [6, 6.07) is 11.9. The highest BCUT2D eigenvalue weighted by Gasteiger charge is 2.28. The zero-order valence-corrected chi connectivity index (χ0v) is 19.3. The second-order valence-corrected chi connectivity index (χ2v) is 10.6. The van der Waals surface area contributed by atoms with Crippen LogP contribution in [0.5, 0.6) is 5.75 Å². The molecule has 1 saturated heterocycles. The van der Waals surface area contributed by atoms with Gasteiger partial charge in [-0.1, -0.05) is 18.5 Å². The SMILES string of the molecule is CC[C@H](Sc1ccc(Cl)cc1)C(=O)Nc1cc(S(=O)(=O)N2CCCC2)ccc1OC. The van der Waals surface area contributed by atoms with Crippen molar-refractivity contribution in [3.8, 4) is 5.75 Å². The van der Waals surface area contributed by atoms with E-state index in [1.54, 1.807) is 18.2 Å². The normalized spacial score (nSPS) is 15.7. The Labute approximate surface area is 187 Å². The summed E-state index contributed by atoms with van der Waals surface area (Å²) in [6.07, 6.45) is 2.32. The van der Waals surface area contributed by atoms with Crippen LogP contribution < -0.4 is 10.1 Å². The van der Waals surface area contributed by atoms with Crippen LogP contribution in [0.3, 0.4) is 0 Å². The van der Waals surface area contributed by atoms with Crippen molar-refractivity contribution >= 4 is 45.0 Å². The molecule has 1 aliphatic heterocycles. The Hall–Kier alpha value is -1.74. The number of rotatable bonds is 8. The number of ether oxygens (including phenoxy) is 1. The van der Waals surface area contributed by atoms with Crippen molar-refractivity contribution < 1.29 is 17.9 Å². The van der Waals surface area contributed by atoms with Crippen LogP contribution in [0.15, 0.2) is 52.3 Å². The van der Waals surface area contributed by atoms with Gasteiger partial charge in [0.15, 0.2) is 0 Å². The largest absolute Gasteiger partial charge is 0.495 e. The van der Waals surface area contributed by atoms with E-state index >= 15 is 0 Å². The molecule has 162 valence electrons. The van der Waals surface area contributed by atoms with Crippen LogP contribution in [0, 0.1) is 0 Å². The molecule has 3 rings (SSSR count). The molecule has 0 radical (unpaired) electrons. The third-order valence-corrected chi connectivity index (χ3v) is 8.41. The zero-order chi connectivity index (χ0) is 21.7. The van der Waals surface area contributed by atoms with Gasteiger partial charge >= 0.3 is 0 Å². The molecule has 1 atom stereocenters. The van der Waals surface area contributed by atoms with Crippen molar-refractivity contribution in [3.63, 3.8) is 0 Å². The van der Waals surface area contributed by atoms with Crippen LogP contribution in [0.4, 0.5) is 5.69 Å². The average molecular weight is 469 g/mol. The third-order valence-electron chi connectivity index (χ3n) is 4.89. The summed E-state index contributed by atoms with van der Waals surface area (Å²) >= 11 is 7.36. The van der Waals surface area contributed by atoms with E-state index in [4.69, 9.17) is 16.3 Å². The topological polar surface area (TPSA) is 75.7 Å². The number of hydrogen-bond donors (Lipinski definition) is 1. The average Bonchev–Trinajstić information content (AvgIpc) is 3.29. The number of anilines is 1. The van der Waals surface area contributed by atoms with Crippen LogP contribution in [-0.2, 0) is 14.8 Å². The predicted octanol–water partition coefficient (Wildman–Crippen LogP) is 4.64. The van der Waals surface area contributed by atoms with Crippen LogP contribution in [0.1, 0.15) is 26.2 Å². The number of thioether (sulfide) groups is 1. The number of halogens is 1. The van der Waals surface area contributed by atoms with Crippen molar-refractivity contribution in [1.29, 1.82) is 0 Å². The van der Waals surface area contributed by atoms with Gasteiger partial charge in [-0.05, 0) is 61.7 Å². The van der Waals surface area contributed by atoms with E-state index in [1.165, 1.54) is 35.3 Å². The van der Waals surface area contributed by atoms with Crippen LogP contribution in [0.2, 0.25) is 5.02 Å². The standard InChI is InChI=1S/C21H25ClN2O4S2/c1-3-20(29-16-8-6-15(22)7-9-16)21(25)23-18-14-17(10-11-19(18)28-2)30(26,27)24-12-4-5-13-24/h6-11,14,20H,3-5,12-13H2,1-2H3,(H,23,25)/t20-/m0/s1. The fourth-order valence-electron chi connectivity index (χ4n) is 3.24. The van der Waals surface area contributed by atoms with Crippen LogP contribution >= 0.6 is 23.4 Å². The molecular formula is C21H25ClN2O4S2. The summed E-state index contributed by atoms with van der Waals surface area (Å²) in [7, 11) is -2.11. The molecule has 0 spiro atoms. The predicted molar refractivity (Wildman–Crippen MR) is 121 cm³/mol. The minimum Gasteiger partial charge on any atom is -0.495 e. The molecule has 1 N–H and O–H groups in total. The van der Waals surface area contributed by atoms with Crippen molar-refractivity contribution in [2.24, 2.45) is 0 Å². The van der Waals surface area contributed by atoms with Gasteiger partial charge in [0.2, 0.25) is 15.9 Å². The minimum atomic E-state index is -3.59. The number of methoxy groups -OCH3 is 1. The first kappa shape index (κ1) is 22.9. The fourth-order valence-corrected chi connectivity index (χ4v) is 5.86. The second kappa shape index (κ2) is 10.0. The molecule has 1 aliphatic rings. The highest BCUT2D eigenvalue weighted by molar-refractivity contribution is 8.00. The first-order valence-corrected chi connectivity index (χ1v) is 12.5. The molecular weight excluding hydrogens is 444 g/mol. The number of carbonyl (C=O) groups excluding carboxylic acids is 1. The van der Waals surface area contributed by atoms with Crippen molar-refractivity contribution in [1.82, 2.24) is 4.31 Å². The van der Waals surface area contributed by atoms with Gasteiger partial charge in [0.05, 0.1) is 22.9 Å². The third kappa shape index (κ3) is 5.29. The number of sulfonamides is 1. The Kier molecular flexibility index (Phi) is 7.68. The maximum Gasteiger partial charge on any atom is 0.243 e. The summed E-state index contributed by atoms with van der Waals surface area (Å²) in [5.74, 6) is 0.196. The van der Waals surface area contributed by atoms with E-state index in [1.807, 2.05) is 19.1 Å².